The van der Waals surface area contributed by atoms with E-state index in [0.29, 0.717) is 34.8 Å². The molecule has 1 fully saturated rings. The SMILES string of the molecule is CC(C)(C)Cc1nc2c(SC3CCCCC3)n[nH]c(=O)c2n1Cc1ccc(-c2ccccc2)c(C(=O)O)c1. The standard InChI is InChI=1S/C30H34N4O3S/c1-30(2,3)17-24-31-25-26(27(35)32-33-28(25)38-21-12-8-5-9-13-21)34(24)18-19-14-15-22(23(16-19)29(36)37)20-10-6-4-7-11-20/h4,6-7,10-11,14-16,21H,5,8-9,12-13,17-18H2,1-3H3,(H,32,35)(H,36,37). The Morgan fingerprint density at radius 3 is 2.53 bits per heavy atom. The number of hydrogen-bond acceptors (Lipinski definition) is 5. The van der Waals surface area contributed by atoms with Crippen LogP contribution in [0, 0.1) is 5.41 Å². The summed E-state index contributed by atoms with van der Waals surface area (Å²) in [5, 5.41) is 18.4. The van der Waals surface area contributed by atoms with Gasteiger partial charge in [-0.3, -0.25) is 4.79 Å². The Hall–Kier alpha value is -3.39. The second-order valence-corrected chi connectivity index (χ2v) is 12.6. The molecule has 2 heterocycles. The Balaban J connectivity index is 1.59. The summed E-state index contributed by atoms with van der Waals surface area (Å²) in [6, 6.07) is 15.0. The molecule has 7 nitrogen and oxygen atoms in total. The number of hydrogen-bond donors (Lipinski definition) is 2. The zero-order chi connectivity index (χ0) is 26.9. The van der Waals surface area contributed by atoms with Crippen LogP contribution in [0.4, 0.5) is 0 Å². The Kier molecular flexibility index (Phi) is 7.43. The van der Waals surface area contributed by atoms with E-state index in [1.165, 1.54) is 19.3 Å². The molecule has 2 aromatic heterocycles. The number of carboxylic acid groups (broad SMARTS) is 1. The number of H-pyrrole nitrogens is 1. The maximum atomic E-state index is 13.1. The van der Waals surface area contributed by atoms with Gasteiger partial charge in [0.1, 0.15) is 21.9 Å². The van der Waals surface area contributed by atoms with Crippen molar-refractivity contribution in [3.63, 3.8) is 0 Å². The minimum Gasteiger partial charge on any atom is -0.478 e. The van der Waals surface area contributed by atoms with Crippen molar-refractivity contribution < 1.29 is 9.90 Å². The number of carboxylic acids is 1. The molecule has 0 amide bonds. The lowest BCUT2D eigenvalue weighted by molar-refractivity contribution is 0.0697. The summed E-state index contributed by atoms with van der Waals surface area (Å²) in [4.78, 5) is 30.4. The second kappa shape index (κ2) is 10.8. The third-order valence-corrected chi connectivity index (χ3v) is 8.29. The van der Waals surface area contributed by atoms with Gasteiger partial charge < -0.3 is 9.67 Å². The van der Waals surface area contributed by atoms with Crippen LogP contribution in [-0.4, -0.2) is 36.1 Å². The van der Waals surface area contributed by atoms with Crippen LogP contribution in [0.25, 0.3) is 22.2 Å². The molecular weight excluding hydrogens is 496 g/mol. The van der Waals surface area contributed by atoms with Crippen LogP contribution in [0.15, 0.2) is 58.4 Å². The maximum absolute atomic E-state index is 13.1. The minimum atomic E-state index is -0.982. The highest BCUT2D eigenvalue weighted by Crippen LogP contribution is 2.36. The van der Waals surface area contributed by atoms with Crippen molar-refractivity contribution in [2.75, 3.05) is 0 Å². The Bertz CT molecular complexity index is 1510. The van der Waals surface area contributed by atoms with Crippen LogP contribution in [0.2, 0.25) is 0 Å². The Morgan fingerprint density at radius 2 is 1.84 bits per heavy atom. The van der Waals surface area contributed by atoms with E-state index in [1.54, 1.807) is 17.8 Å². The van der Waals surface area contributed by atoms with Gasteiger partial charge in [-0.25, -0.2) is 14.9 Å². The molecule has 8 heteroatoms. The van der Waals surface area contributed by atoms with E-state index in [4.69, 9.17) is 4.98 Å². The average molecular weight is 531 g/mol. The molecule has 1 saturated carbocycles. The summed E-state index contributed by atoms with van der Waals surface area (Å²) in [7, 11) is 0. The lowest BCUT2D eigenvalue weighted by Gasteiger charge is -2.20. The van der Waals surface area contributed by atoms with Gasteiger partial charge in [-0.05, 0) is 41.0 Å². The predicted molar refractivity (Wildman–Crippen MR) is 152 cm³/mol. The number of aromatic nitrogens is 4. The van der Waals surface area contributed by atoms with Crippen molar-refractivity contribution in [1.82, 2.24) is 19.7 Å². The van der Waals surface area contributed by atoms with E-state index in [-0.39, 0.29) is 16.5 Å². The highest BCUT2D eigenvalue weighted by atomic mass is 32.2. The third-order valence-electron chi connectivity index (χ3n) is 6.98. The van der Waals surface area contributed by atoms with Gasteiger partial charge >= 0.3 is 5.97 Å². The van der Waals surface area contributed by atoms with Crippen molar-refractivity contribution in [3.05, 3.63) is 75.8 Å². The fourth-order valence-corrected chi connectivity index (χ4v) is 6.44. The first-order valence-corrected chi connectivity index (χ1v) is 14.1. The molecule has 4 aromatic rings. The first-order valence-electron chi connectivity index (χ1n) is 13.3. The van der Waals surface area contributed by atoms with Gasteiger partial charge in [0.15, 0.2) is 0 Å². The van der Waals surface area contributed by atoms with Crippen LogP contribution in [0.1, 0.15) is 74.6 Å². The Labute approximate surface area is 226 Å². The number of imidazole rings is 1. The number of aromatic carboxylic acids is 1. The number of rotatable bonds is 7. The normalized spacial score (nSPS) is 14.7. The molecule has 0 unspecified atom stereocenters. The van der Waals surface area contributed by atoms with Gasteiger partial charge in [0.25, 0.3) is 5.56 Å². The molecule has 2 N–H and O–H groups in total. The summed E-state index contributed by atoms with van der Waals surface area (Å²) in [5.41, 5.74) is 3.36. The summed E-state index contributed by atoms with van der Waals surface area (Å²) in [5.74, 6) is -0.176. The molecule has 198 valence electrons. The topological polar surface area (TPSA) is 101 Å². The first-order chi connectivity index (χ1) is 18.2. The summed E-state index contributed by atoms with van der Waals surface area (Å²) >= 11 is 1.72. The molecule has 2 aromatic carbocycles. The molecule has 1 aliphatic carbocycles. The van der Waals surface area contributed by atoms with Crippen molar-refractivity contribution >= 4 is 28.8 Å². The summed E-state index contributed by atoms with van der Waals surface area (Å²) in [6.07, 6.45) is 6.68. The summed E-state index contributed by atoms with van der Waals surface area (Å²) in [6.45, 7) is 6.79. The largest absolute Gasteiger partial charge is 0.478 e. The molecule has 38 heavy (non-hydrogen) atoms. The van der Waals surface area contributed by atoms with Crippen molar-refractivity contribution in [3.8, 4) is 11.1 Å². The number of aromatic amines is 1. The van der Waals surface area contributed by atoms with Crippen molar-refractivity contribution in [1.29, 1.82) is 0 Å². The van der Waals surface area contributed by atoms with Gasteiger partial charge in [0.05, 0.1) is 5.56 Å². The lowest BCUT2D eigenvalue weighted by Crippen LogP contribution is -2.18. The minimum absolute atomic E-state index is 0.0562. The van der Waals surface area contributed by atoms with Gasteiger partial charge in [0.2, 0.25) is 0 Å². The lowest BCUT2D eigenvalue weighted by atomic mass is 9.92. The molecule has 1 aliphatic rings. The fraction of sp³-hybridized carbons (Fsp3) is 0.400. The van der Waals surface area contributed by atoms with Crippen molar-refractivity contribution in [2.45, 2.75) is 76.1 Å². The molecule has 0 radical (unpaired) electrons. The molecule has 5 rings (SSSR count). The number of nitrogens with one attached hydrogen (secondary N) is 1. The van der Waals surface area contributed by atoms with Gasteiger partial charge in [-0.2, -0.15) is 5.10 Å². The second-order valence-electron chi connectivity index (χ2n) is 11.3. The number of thioether (sulfide) groups is 1. The monoisotopic (exact) mass is 530 g/mol. The van der Waals surface area contributed by atoms with Crippen molar-refractivity contribution in [2.24, 2.45) is 5.41 Å². The van der Waals surface area contributed by atoms with Crippen LogP contribution in [0.3, 0.4) is 0 Å². The van der Waals surface area contributed by atoms with Crippen LogP contribution >= 0.6 is 11.8 Å². The molecule has 0 bridgehead atoms. The highest BCUT2D eigenvalue weighted by molar-refractivity contribution is 8.00. The molecule has 0 aliphatic heterocycles. The zero-order valence-electron chi connectivity index (χ0n) is 22.2. The zero-order valence-corrected chi connectivity index (χ0v) is 23.0. The van der Waals surface area contributed by atoms with Crippen LogP contribution in [-0.2, 0) is 13.0 Å². The molecule has 0 spiro atoms. The first kappa shape index (κ1) is 26.2. The maximum Gasteiger partial charge on any atom is 0.336 e. The number of benzene rings is 2. The average Bonchev–Trinajstić information content (AvgIpc) is 3.24. The predicted octanol–water partition coefficient (Wildman–Crippen LogP) is 6.55. The third kappa shape index (κ3) is 5.70. The van der Waals surface area contributed by atoms with E-state index >= 15 is 0 Å². The van der Waals surface area contributed by atoms with Gasteiger partial charge in [0, 0.05) is 18.2 Å². The number of nitrogens with zero attached hydrogens (tertiary/aromatic N) is 3. The molecule has 0 saturated heterocycles. The quantitative estimate of drug-likeness (QED) is 0.281. The molecule has 0 atom stereocenters. The number of carbonyl (C=O) groups is 1. The van der Waals surface area contributed by atoms with Gasteiger partial charge in [-0.15, -0.1) is 0 Å². The molecular formula is C30H34N4O3S. The highest BCUT2D eigenvalue weighted by Gasteiger charge is 2.25. The van der Waals surface area contributed by atoms with E-state index in [1.807, 2.05) is 47.0 Å². The van der Waals surface area contributed by atoms with Crippen LogP contribution in [0.5, 0.6) is 0 Å². The summed E-state index contributed by atoms with van der Waals surface area (Å²) < 4.78 is 1.95. The Morgan fingerprint density at radius 1 is 1.11 bits per heavy atom. The van der Waals surface area contributed by atoms with Gasteiger partial charge in [-0.1, -0.05) is 94.3 Å². The van der Waals surface area contributed by atoms with E-state index in [0.717, 1.165) is 34.8 Å². The van der Waals surface area contributed by atoms with E-state index in [9.17, 15) is 14.7 Å². The van der Waals surface area contributed by atoms with E-state index in [2.05, 4.69) is 31.0 Å². The van der Waals surface area contributed by atoms with E-state index < -0.39 is 5.97 Å². The van der Waals surface area contributed by atoms with Crippen LogP contribution < -0.4 is 5.56 Å². The smallest absolute Gasteiger partial charge is 0.336 e. The fourth-order valence-electron chi connectivity index (χ4n) is 5.21. The number of fused-ring (bicyclic) bond motifs is 1.